The summed E-state index contributed by atoms with van der Waals surface area (Å²) in [5.41, 5.74) is 2.34. The molecule has 0 saturated carbocycles. The third-order valence-electron chi connectivity index (χ3n) is 3.79. The van der Waals surface area contributed by atoms with Crippen LogP contribution in [0.5, 0.6) is 0 Å². The number of hydrogen-bond acceptors (Lipinski definition) is 5. The zero-order valence-corrected chi connectivity index (χ0v) is 14.2. The topological polar surface area (TPSA) is 62.7 Å². The number of halogens is 1. The minimum Gasteiger partial charge on any atom is -0.352 e. The van der Waals surface area contributed by atoms with Crippen LogP contribution in [0.4, 0.5) is 21.8 Å². The average molecular weight is 337 g/mol. The molecule has 5 nitrogen and oxygen atoms in total. The van der Waals surface area contributed by atoms with E-state index in [1.807, 2.05) is 18.2 Å². The second kappa shape index (κ2) is 7.70. The molecule has 0 fully saturated rings. The molecule has 25 heavy (non-hydrogen) atoms. The van der Waals surface area contributed by atoms with Crippen molar-refractivity contribution >= 4 is 17.5 Å². The van der Waals surface area contributed by atoms with Crippen molar-refractivity contribution in [3.8, 4) is 11.3 Å². The maximum atomic E-state index is 13.4. The standard InChI is InChI=1S/C19H20FN5/c1-3-13(2)22-19-24-17(14-7-9-21-10-8-14)12-18(25-19)23-16-6-4-5-15(20)11-16/h4-13H,3H2,1-2H3,(H2,22,23,24,25)/t13-/m0/s1. The summed E-state index contributed by atoms with van der Waals surface area (Å²) in [5, 5.41) is 6.43. The molecule has 0 radical (unpaired) electrons. The van der Waals surface area contributed by atoms with Crippen LogP contribution in [-0.4, -0.2) is 21.0 Å². The van der Waals surface area contributed by atoms with Crippen LogP contribution in [0.3, 0.4) is 0 Å². The van der Waals surface area contributed by atoms with E-state index in [2.05, 4.69) is 39.4 Å². The first kappa shape index (κ1) is 16.8. The first-order valence-corrected chi connectivity index (χ1v) is 8.22. The largest absolute Gasteiger partial charge is 0.352 e. The van der Waals surface area contributed by atoms with Crippen LogP contribution in [-0.2, 0) is 0 Å². The second-order valence-electron chi connectivity index (χ2n) is 5.79. The summed E-state index contributed by atoms with van der Waals surface area (Å²) < 4.78 is 13.4. The minimum absolute atomic E-state index is 0.245. The van der Waals surface area contributed by atoms with Crippen molar-refractivity contribution in [1.82, 2.24) is 15.0 Å². The van der Waals surface area contributed by atoms with Gasteiger partial charge in [-0.3, -0.25) is 4.98 Å². The maximum Gasteiger partial charge on any atom is 0.225 e. The van der Waals surface area contributed by atoms with Crippen molar-refractivity contribution in [2.75, 3.05) is 10.6 Å². The quantitative estimate of drug-likeness (QED) is 0.686. The summed E-state index contributed by atoms with van der Waals surface area (Å²) >= 11 is 0. The van der Waals surface area contributed by atoms with Gasteiger partial charge in [0.15, 0.2) is 0 Å². The number of anilines is 3. The Hall–Kier alpha value is -3.02. The normalized spacial score (nSPS) is 11.8. The van der Waals surface area contributed by atoms with Gasteiger partial charge in [-0.2, -0.15) is 4.98 Å². The lowest BCUT2D eigenvalue weighted by molar-refractivity contribution is 0.628. The fraction of sp³-hybridized carbons (Fsp3) is 0.211. The summed E-state index contributed by atoms with van der Waals surface area (Å²) in [4.78, 5) is 13.1. The second-order valence-corrected chi connectivity index (χ2v) is 5.79. The van der Waals surface area contributed by atoms with Gasteiger partial charge in [-0.05, 0) is 43.7 Å². The monoisotopic (exact) mass is 337 g/mol. The number of nitrogens with zero attached hydrogens (tertiary/aromatic N) is 3. The predicted molar refractivity (Wildman–Crippen MR) is 98.3 cm³/mol. The van der Waals surface area contributed by atoms with Crippen molar-refractivity contribution in [2.24, 2.45) is 0 Å². The lowest BCUT2D eigenvalue weighted by Crippen LogP contribution is -2.16. The van der Waals surface area contributed by atoms with Gasteiger partial charge in [0, 0.05) is 35.8 Å². The number of nitrogens with one attached hydrogen (secondary N) is 2. The molecule has 0 aliphatic heterocycles. The van der Waals surface area contributed by atoms with Gasteiger partial charge in [0.05, 0.1) is 5.69 Å². The molecule has 0 unspecified atom stereocenters. The minimum atomic E-state index is -0.300. The van der Waals surface area contributed by atoms with Crippen LogP contribution >= 0.6 is 0 Å². The van der Waals surface area contributed by atoms with E-state index in [1.165, 1.54) is 12.1 Å². The summed E-state index contributed by atoms with van der Waals surface area (Å²) in [6.45, 7) is 4.17. The highest BCUT2D eigenvalue weighted by Crippen LogP contribution is 2.24. The first-order chi connectivity index (χ1) is 12.1. The van der Waals surface area contributed by atoms with Gasteiger partial charge in [0.25, 0.3) is 0 Å². The zero-order chi connectivity index (χ0) is 17.6. The Morgan fingerprint density at radius 2 is 1.88 bits per heavy atom. The van der Waals surface area contributed by atoms with Crippen LogP contribution < -0.4 is 10.6 Å². The van der Waals surface area contributed by atoms with Crippen LogP contribution in [0, 0.1) is 5.82 Å². The fourth-order valence-corrected chi connectivity index (χ4v) is 2.28. The van der Waals surface area contributed by atoms with Crippen molar-refractivity contribution in [3.05, 3.63) is 60.7 Å². The van der Waals surface area contributed by atoms with E-state index in [4.69, 9.17) is 0 Å². The van der Waals surface area contributed by atoms with E-state index in [9.17, 15) is 4.39 Å². The van der Waals surface area contributed by atoms with E-state index in [1.54, 1.807) is 24.5 Å². The molecule has 2 heterocycles. The Kier molecular flexibility index (Phi) is 5.18. The van der Waals surface area contributed by atoms with E-state index in [0.717, 1.165) is 17.7 Å². The Morgan fingerprint density at radius 3 is 2.60 bits per heavy atom. The SMILES string of the molecule is CC[C@H](C)Nc1nc(Nc2cccc(F)c2)cc(-c2ccncc2)n1. The maximum absolute atomic E-state index is 13.4. The molecule has 1 aromatic carbocycles. The summed E-state index contributed by atoms with van der Waals surface area (Å²) in [5.74, 6) is 0.826. The Balaban J connectivity index is 1.97. The highest BCUT2D eigenvalue weighted by molar-refractivity contribution is 5.67. The Morgan fingerprint density at radius 1 is 1.08 bits per heavy atom. The molecule has 1 atom stereocenters. The van der Waals surface area contributed by atoms with Crippen LogP contribution in [0.2, 0.25) is 0 Å². The first-order valence-electron chi connectivity index (χ1n) is 8.22. The highest BCUT2D eigenvalue weighted by Gasteiger charge is 2.09. The summed E-state index contributed by atoms with van der Waals surface area (Å²) in [6.07, 6.45) is 4.40. The lowest BCUT2D eigenvalue weighted by atomic mass is 10.2. The molecule has 0 bridgehead atoms. The van der Waals surface area contributed by atoms with Gasteiger partial charge in [-0.1, -0.05) is 13.0 Å². The van der Waals surface area contributed by atoms with Crippen molar-refractivity contribution in [3.63, 3.8) is 0 Å². The fourth-order valence-electron chi connectivity index (χ4n) is 2.28. The van der Waals surface area contributed by atoms with Crippen LogP contribution in [0.25, 0.3) is 11.3 Å². The third-order valence-corrected chi connectivity index (χ3v) is 3.79. The zero-order valence-electron chi connectivity index (χ0n) is 14.2. The number of aromatic nitrogens is 3. The molecule has 3 rings (SSSR count). The van der Waals surface area contributed by atoms with Gasteiger partial charge in [-0.25, -0.2) is 9.37 Å². The molecule has 2 aromatic heterocycles. The molecule has 128 valence electrons. The number of hydrogen-bond donors (Lipinski definition) is 2. The van der Waals surface area contributed by atoms with Gasteiger partial charge in [0.2, 0.25) is 5.95 Å². The van der Waals surface area contributed by atoms with E-state index in [-0.39, 0.29) is 11.9 Å². The Bertz CT molecular complexity index is 838. The number of benzene rings is 1. The van der Waals surface area contributed by atoms with Gasteiger partial charge in [-0.15, -0.1) is 0 Å². The molecule has 3 aromatic rings. The summed E-state index contributed by atoms with van der Waals surface area (Å²) in [6, 6.07) is 12.1. The van der Waals surface area contributed by atoms with Crippen molar-refractivity contribution in [2.45, 2.75) is 26.3 Å². The average Bonchev–Trinajstić information content (AvgIpc) is 2.62. The van der Waals surface area contributed by atoms with Crippen molar-refractivity contribution in [1.29, 1.82) is 0 Å². The molecule has 0 spiro atoms. The van der Waals surface area contributed by atoms with Gasteiger partial charge < -0.3 is 10.6 Å². The molecular formula is C19H20FN5. The van der Waals surface area contributed by atoms with Crippen LogP contribution in [0.1, 0.15) is 20.3 Å². The predicted octanol–water partition coefficient (Wildman–Crippen LogP) is 4.63. The van der Waals surface area contributed by atoms with Gasteiger partial charge >= 0.3 is 0 Å². The van der Waals surface area contributed by atoms with E-state index >= 15 is 0 Å². The molecule has 0 aliphatic carbocycles. The molecule has 0 amide bonds. The Labute approximate surface area is 146 Å². The molecule has 6 heteroatoms. The van der Waals surface area contributed by atoms with E-state index in [0.29, 0.717) is 17.5 Å². The molecule has 2 N–H and O–H groups in total. The van der Waals surface area contributed by atoms with Gasteiger partial charge in [0.1, 0.15) is 11.6 Å². The number of rotatable bonds is 6. The number of pyridine rings is 1. The summed E-state index contributed by atoms with van der Waals surface area (Å²) in [7, 11) is 0. The lowest BCUT2D eigenvalue weighted by Gasteiger charge is -2.14. The molecule has 0 saturated heterocycles. The highest BCUT2D eigenvalue weighted by atomic mass is 19.1. The smallest absolute Gasteiger partial charge is 0.225 e. The molecule has 0 aliphatic rings. The molecular weight excluding hydrogens is 317 g/mol. The van der Waals surface area contributed by atoms with Crippen LogP contribution in [0.15, 0.2) is 54.9 Å². The van der Waals surface area contributed by atoms with E-state index < -0.39 is 0 Å². The van der Waals surface area contributed by atoms with Crippen molar-refractivity contribution < 1.29 is 4.39 Å². The third kappa shape index (κ3) is 4.50.